The molecule has 0 aliphatic carbocycles. The fraction of sp³-hybridized carbons (Fsp3) is 0.200. The van der Waals surface area contributed by atoms with Gasteiger partial charge < -0.3 is 9.47 Å². The lowest BCUT2D eigenvalue weighted by atomic mass is 10.2. The van der Waals surface area contributed by atoms with E-state index in [1.54, 1.807) is 26.0 Å². The Morgan fingerprint density at radius 1 is 0.826 bits per heavy atom. The highest BCUT2D eigenvalue weighted by Crippen LogP contribution is 2.25. The summed E-state index contributed by atoms with van der Waals surface area (Å²) in [5.74, 6) is 0.874. The number of hydrogen-bond acceptors (Lipinski definition) is 6. The molecule has 23 heavy (non-hydrogen) atoms. The van der Waals surface area contributed by atoms with E-state index >= 15 is 0 Å². The van der Waals surface area contributed by atoms with Gasteiger partial charge in [-0.25, -0.2) is 0 Å². The van der Waals surface area contributed by atoms with Crippen LogP contribution >= 0.6 is 0 Å². The molecule has 120 valence electrons. The number of nitro groups is 2. The molecule has 2 rings (SSSR count). The van der Waals surface area contributed by atoms with Crippen molar-refractivity contribution < 1.29 is 19.3 Å². The minimum Gasteiger partial charge on any atom is -0.457 e. The first-order chi connectivity index (χ1) is 10.9. The van der Waals surface area contributed by atoms with E-state index in [9.17, 15) is 20.2 Å². The number of benzene rings is 2. The van der Waals surface area contributed by atoms with Gasteiger partial charge in [0.05, 0.1) is 9.85 Å². The van der Waals surface area contributed by atoms with Gasteiger partial charge in [-0.15, -0.1) is 0 Å². The Bertz CT molecular complexity index is 696. The van der Waals surface area contributed by atoms with Crippen LogP contribution in [-0.2, 0) is 0 Å². The second-order valence-electron chi connectivity index (χ2n) is 4.82. The highest BCUT2D eigenvalue weighted by molar-refractivity contribution is 5.45. The molecule has 8 heteroatoms. The zero-order valence-electron chi connectivity index (χ0n) is 12.5. The lowest BCUT2D eigenvalue weighted by Crippen LogP contribution is -2.06. The summed E-state index contributed by atoms with van der Waals surface area (Å²) < 4.78 is 10.7. The van der Waals surface area contributed by atoms with Crippen molar-refractivity contribution in [1.29, 1.82) is 0 Å². The number of nitro benzene ring substituents is 2. The summed E-state index contributed by atoms with van der Waals surface area (Å²) in [7, 11) is 0. The number of aryl methyl sites for hydroxylation is 2. The number of ether oxygens (including phenoxy) is 2. The molecule has 0 amide bonds. The molecule has 0 fully saturated rings. The summed E-state index contributed by atoms with van der Waals surface area (Å²) in [6.07, 6.45) is 0. The van der Waals surface area contributed by atoms with Crippen LogP contribution < -0.4 is 9.47 Å². The molecule has 0 bridgehead atoms. The molecule has 0 aliphatic rings. The predicted octanol–water partition coefficient (Wildman–Crippen LogP) is 3.54. The summed E-state index contributed by atoms with van der Waals surface area (Å²) in [4.78, 5) is 20.5. The van der Waals surface area contributed by atoms with Gasteiger partial charge in [0.15, 0.2) is 0 Å². The van der Waals surface area contributed by atoms with E-state index in [0.29, 0.717) is 22.6 Å². The Morgan fingerprint density at radius 3 is 1.52 bits per heavy atom. The Hall–Kier alpha value is -3.16. The largest absolute Gasteiger partial charge is 0.457 e. The van der Waals surface area contributed by atoms with Crippen LogP contribution in [0, 0.1) is 34.1 Å². The molecule has 0 aromatic heterocycles. The van der Waals surface area contributed by atoms with E-state index in [0.717, 1.165) is 0 Å². The summed E-state index contributed by atoms with van der Waals surface area (Å²) in [5, 5.41) is 21.5. The third kappa shape index (κ3) is 3.94. The van der Waals surface area contributed by atoms with Gasteiger partial charge >= 0.3 is 0 Å². The third-order valence-electron chi connectivity index (χ3n) is 3.18. The van der Waals surface area contributed by atoms with Gasteiger partial charge in [-0.2, -0.15) is 0 Å². The summed E-state index contributed by atoms with van der Waals surface area (Å²) in [6, 6.07) is 8.78. The fourth-order valence-electron chi connectivity index (χ4n) is 2.01. The molecule has 0 saturated carbocycles. The molecule has 0 radical (unpaired) electrons. The SMILES string of the molecule is Cc1cc(OCOc2ccc([N+](=O)[O-])c(C)c2)ccc1[N+](=O)[O-]. The van der Waals surface area contributed by atoms with Gasteiger partial charge in [0.2, 0.25) is 6.79 Å². The van der Waals surface area contributed by atoms with E-state index in [-0.39, 0.29) is 18.2 Å². The zero-order chi connectivity index (χ0) is 17.0. The van der Waals surface area contributed by atoms with Crippen LogP contribution in [0.5, 0.6) is 11.5 Å². The smallest absolute Gasteiger partial charge is 0.272 e. The molecular weight excluding hydrogens is 304 g/mol. The Kier molecular flexibility index (Phi) is 4.75. The van der Waals surface area contributed by atoms with Crippen molar-refractivity contribution in [2.75, 3.05) is 6.79 Å². The van der Waals surface area contributed by atoms with Crippen LogP contribution in [0.15, 0.2) is 36.4 Å². The lowest BCUT2D eigenvalue weighted by molar-refractivity contribution is -0.385. The third-order valence-corrected chi connectivity index (χ3v) is 3.18. The standard InChI is InChI=1S/C15H14N2O6/c1-10-7-12(3-5-14(10)16(18)19)22-9-23-13-4-6-15(17(20)21)11(2)8-13/h3-8H,9H2,1-2H3. The Labute approximate surface area is 131 Å². The second kappa shape index (κ2) is 6.73. The molecule has 0 N–H and O–H groups in total. The molecule has 2 aromatic carbocycles. The molecule has 0 saturated heterocycles. The predicted molar refractivity (Wildman–Crippen MR) is 81.8 cm³/mol. The average molecular weight is 318 g/mol. The van der Waals surface area contributed by atoms with Gasteiger partial charge in [-0.1, -0.05) is 0 Å². The van der Waals surface area contributed by atoms with Crippen molar-refractivity contribution in [2.45, 2.75) is 13.8 Å². The molecule has 0 atom stereocenters. The van der Waals surface area contributed by atoms with Crippen LogP contribution in [0.1, 0.15) is 11.1 Å². The quantitative estimate of drug-likeness (QED) is 0.458. The van der Waals surface area contributed by atoms with Gasteiger partial charge in [0.25, 0.3) is 11.4 Å². The van der Waals surface area contributed by atoms with E-state index < -0.39 is 9.85 Å². The van der Waals surface area contributed by atoms with Gasteiger partial charge in [-0.05, 0) is 38.1 Å². The van der Waals surface area contributed by atoms with Crippen molar-refractivity contribution in [3.05, 3.63) is 67.8 Å². The van der Waals surface area contributed by atoms with Crippen molar-refractivity contribution in [3.8, 4) is 11.5 Å². The monoisotopic (exact) mass is 318 g/mol. The molecule has 8 nitrogen and oxygen atoms in total. The number of hydrogen-bond donors (Lipinski definition) is 0. The van der Waals surface area contributed by atoms with Crippen LogP contribution in [0.2, 0.25) is 0 Å². The maximum Gasteiger partial charge on any atom is 0.272 e. The maximum absolute atomic E-state index is 10.7. The molecule has 2 aromatic rings. The number of nitrogens with zero attached hydrogens (tertiary/aromatic N) is 2. The van der Waals surface area contributed by atoms with Gasteiger partial charge in [-0.3, -0.25) is 20.2 Å². The maximum atomic E-state index is 10.7. The molecule has 0 unspecified atom stereocenters. The van der Waals surface area contributed by atoms with Crippen LogP contribution in [0.3, 0.4) is 0 Å². The summed E-state index contributed by atoms with van der Waals surface area (Å²) in [6.45, 7) is 3.12. The molecule has 0 aliphatic heterocycles. The van der Waals surface area contributed by atoms with E-state index in [4.69, 9.17) is 9.47 Å². The van der Waals surface area contributed by atoms with Gasteiger partial charge in [0.1, 0.15) is 11.5 Å². The summed E-state index contributed by atoms with van der Waals surface area (Å²) >= 11 is 0. The second-order valence-corrected chi connectivity index (χ2v) is 4.82. The first-order valence-electron chi connectivity index (χ1n) is 6.64. The first kappa shape index (κ1) is 16.2. The summed E-state index contributed by atoms with van der Waals surface area (Å²) in [5.41, 5.74) is 1.01. The molecule has 0 spiro atoms. The first-order valence-corrected chi connectivity index (χ1v) is 6.64. The Morgan fingerprint density at radius 2 is 1.22 bits per heavy atom. The highest BCUT2D eigenvalue weighted by atomic mass is 16.7. The van der Waals surface area contributed by atoms with E-state index in [1.165, 1.54) is 24.3 Å². The highest BCUT2D eigenvalue weighted by Gasteiger charge is 2.12. The van der Waals surface area contributed by atoms with Crippen LogP contribution in [0.25, 0.3) is 0 Å². The minimum atomic E-state index is -0.463. The van der Waals surface area contributed by atoms with Crippen molar-refractivity contribution in [3.63, 3.8) is 0 Å². The van der Waals surface area contributed by atoms with Crippen molar-refractivity contribution >= 4 is 11.4 Å². The normalized spacial score (nSPS) is 10.2. The lowest BCUT2D eigenvalue weighted by Gasteiger charge is -2.09. The van der Waals surface area contributed by atoms with Crippen LogP contribution in [-0.4, -0.2) is 16.6 Å². The zero-order valence-corrected chi connectivity index (χ0v) is 12.5. The average Bonchev–Trinajstić information content (AvgIpc) is 2.46. The fourth-order valence-corrected chi connectivity index (χ4v) is 2.01. The van der Waals surface area contributed by atoms with E-state index in [1.807, 2.05) is 0 Å². The topological polar surface area (TPSA) is 105 Å². The molecular formula is C15H14N2O6. The molecule has 0 heterocycles. The number of rotatable bonds is 6. The van der Waals surface area contributed by atoms with Crippen molar-refractivity contribution in [1.82, 2.24) is 0 Å². The van der Waals surface area contributed by atoms with Crippen LogP contribution in [0.4, 0.5) is 11.4 Å². The Balaban J connectivity index is 1.97. The van der Waals surface area contributed by atoms with E-state index in [2.05, 4.69) is 0 Å². The van der Waals surface area contributed by atoms with Gasteiger partial charge in [0, 0.05) is 23.3 Å². The minimum absolute atomic E-state index is 0.0178. The van der Waals surface area contributed by atoms with Crippen molar-refractivity contribution in [2.24, 2.45) is 0 Å².